The summed E-state index contributed by atoms with van der Waals surface area (Å²) in [5.74, 6) is 0.0327. The Bertz CT molecular complexity index is 863. The van der Waals surface area contributed by atoms with Crippen molar-refractivity contribution in [3.05, 3.63) is 34.5 Å². The Labute approximate surface area is 161 Å². The van der Waals surface area contributed by atoms with Crippen LogP contribution in [0.5, 0.6) is 0 Å². The second-order valence-electron chi connectivity index (χ2n) is 6.86. The topological polar surface area (TPSA) is 107 Å². The maximum absolute atomic E-state index is 15.2. The summed E-state index contributed by atoms with van der Waals surface area (Å²) < 4.78 is 20.6. The van der Waals surface area contributed by atoms with Crippen LogP contribution in [0, 0.1) is 5.82 Å². The van der Waals surface area contributed by atoms with Crippen LogP contribution in [0.15, 0.2) is 23.1 Å². The van der Waals surface area contributed by atoms with E-state index in [0.717, 1.165) is 25.9 Å². The third kappa shape index (κ3) is 4.23. The SMILES string of the molecule is O=c1[nH]cccc1Nc1nc(NC2CCCNC2)c(F)c(N2CCOCC2)n1. The third-order valence-electron chi connectivity index (χ3n) is 4.85. The van der Waals surface area contributed by atoms with Crippen molar-refractivity contribution in [1.29, 1.82) is 0 Å². The van der Waals surface area contributed by atoms with E-state index in [1.54, 1.807) is 18.3 Å². The molecule has 2 saturated heterocycles. The molecule has 4 N–H and O–H groups in total. The summed E-state index contributed by atoms with van der Waals surface area (Å²) in [5.41, 5.74) is 0.00153. The van der Waals surface area contributed by atoms with Gasteiger partial charge in [-0.15, -0.1) is 0 Å². The number of aromatic nitrogens is 3. The minimum atomic E-state index is -0.486. The molecule has 10 heteroatoms. The maximum Gasteiger partial charge on any atom is 0.271 e. The quantitative estimate of drug-likeness (QED) is 0.601. The highest BCUT2D eigenvalue weighted by Gasteiger charge is 2.24. The number of halogens is 1. The van der Waals surface area contributed by atoms with E-state index in [0.29, 0.717) is 32.0 Å². The lowest BCUT2D eigenvalue weighted by Crippen LogP contribution is -2.40. The van der Waals surface area contributed by atoms with E-state index in [1.807, 2.05) is 4.90 Å². The molecule has 9 nitrogen and oxygen atoms in total. The van der Waals surface area contributed by atoms with Crippen molar-refractivity contribution >= 4 is 23.3 Å². The molecule has 1 atom stereocenters. The van der Waals surface area contributed by atoms with Gasteiger partial charge < -0.3 is 30.6 Å². The molecular formula is C18H24FN7O2. The van der Waals surface area contributed by atoms with Crippen LogP contribution in [0.25, 0.3) is 0 Å². The molecule has 0 aromatic carbocycles. The zero-order valence-corrected chi connectivity index (χ0v) is 15.5. The highest BCUT2D eigenvalue weighted by molar-refractivity contribution is 5.60. The first kappa shape index (κ1) is 18.6. The second kappa shape index (κ2) is 8.53. The fourth-order valence-electron chi connectivity index (χ4n) is 3.38. The van der Waals surface area contributed by atoms with Gasteiger partial charge in [-0.25, -0.2) is 0 Å². The zero-order valence-electron chi connectivity index (χ0n) is 15.5. The molecule has 150 valence electrons. The molecule has 2 aliphatic rings. The summed E-state index contributed by atoms with van der Waals surface area (Å²) in [6.07, 6.45) is 3.50. The summed E-state index contributed by atoms with van der Waals surface area (Å²) in [6, 6.07) is 3.41. The predicted octanol–water partition coefficient (Wildman–Crippen LogP) is 1.05. The van der Waals surface area contributed by atoms with Gasteiger partial charge in [-0.2, -0.15) is 14.4 Å². The summed E-state index contributed by atoms with van der Waals surface area (Å²) >= 11 is 0. The minimum Gasteiger partial charge on any atom is -0.378 e. The summed E-state index contributed by atoms with van der Waals surface area (Å²) in [5, 5.41) is 9.41. The monoisotopic (exact) mass is 389 g/mol. The number of anilines is 4. The van der Waals surface area contributed by atoms with Crippen molar-refractivity contribution < 1.29 is 9.13 Å². The Morgan fingerprint density at radius 1 is 1.29 bits per heavy atom. The largest absolute Gasteiger partial charge is 0.378 e. The van der Waals surface area contributed by atoms with E-state index in [9.17, 15) is 4.79 Å². The molecule has 0 saturated carbocycles. The Morgan fingerprint density at radius 3 is 2.89 bits per heavy atom. The molecule has 2 aromatic rings. The van der Waals surface area contributed by atoms with Crippen LogP contribution in [0.1, 0.15) is 12.8 Å². The number of rotatable bonds is 5. The van der Waals surface area contributed by atoms with Crippen molar-refractivity contribution in [2.24, 2.45) is 0 Å². The highest BCUT2D eigenvalue weighted by Crippen LogP contribution is 2.27. The van der Waals surface area contributed by atoms with Gasteiger partial charge in [-0.3, -0.25) is 4.79 Å². The van der Waals surface area contributed by atoms with Gasteiger partial charge in [0.25, 0.3) is 5.56 Å². The van der Waals surface area contributed by atoms with E-state index in [2.05, 4.69) is 30.9 Å². The highest BCUT2D eigenvalue weighted by atomic mass is 19.1. The fraction of sp³-hybridized carbons (Fsp3) is 0.500. The molecule has 4 heterocycles. The summed E-state index contributed by atoms with van der Waals surface area (Å²) in [6.45, 7) is 3.83. The van der Waals surface area contributed by atoms with E-state index >= 15 is 4.39 Å². The molecule has 0 bridgehead atoms. The Hall–Kier alpha value is -2.72. The molecule has 0 spiro atoms. The Balaban J connectivity index is 1.67. The van der Waals surface area contributed by atoms with Crippen LogP contribution in [-0.4, -0.2) is 60.4 Å². The first-order chi connectivity index (χ1) is 13.7. The average Bonchev–Trinajstić information content (AvgIpc) is 2.73. The molecule has 1 unspecified atom stereocenters. The Morgan fingerprint density at radius 2 is 2.14 bits per heavy atom. The lowest BCUT2D eigenvalue weighted by atomic mass is 10.1. The van der Waals surface area contributed by atoms with Crippen LogP contribution in [0.3, 0.4) is 0 Å². The van der Waals surface area contributed by atoms with Gasteiger partial charge in [-0.05, 0) is 31.5 Å². The van der Waals surface area contributed by atoms with Gasteiger partial charge in [0.2, 0.25) is 11.8 Å². The normalized spacial score (nSPS) is 20.0. The molecule has 2 aliphatic heterocycles. The number of H-pyrrole nitrogens is 1. The number of ether oxygens (including phenoxy) is 1. The maximum atomic E-state index is 15.2. The van der Waals surface area contributed by atoms with Crippen molar-refractivity contribution in [2.45, 2.75) is 18.9 Å². The molecule has 0 radical (unpaired) electrons. The average molecular weight is 389 g/mol. The van der Waals surface area contributed by atoms with Crippen molar-refractivity contribution in [3.63, 3.8) is 0 Å². The fourth-order valence-corrected chi connectivity index (χ4v) is 3.38. The number of pyridine rings is 1. The van der Waals surface area contributed by atoms with Crippen LogP contribution >= 0.6 is 0 Å². The number of aromatic amines is 1. The lowest BCUT2D eigenvalue weighted by Gasteiger charge is -2.29. The van der Waals surface area contributed by atoms with Crippen LogP contribution in [0.2, 0.25) is 0 Å². The van der Waals surface area contributed by atoms with E-state index < -0.39 is 5.82 Å². The minimum absolute atomic E-state index is 0.0867. The van der Waals surface area contributed by atoms with E-state index in [1.165, 1.54) is 0 Å². The van der Waals surface area contributed by atoms with Gasteiger partial charge in [-0.1, -0.05) is 0 Å². The smallest absolute Gasteiger partial charge is 0.271 e. The zero-order chi connectivity index (χ0) is 19.3. The molecular weight excluding hydrogens is 365 g/mol. The number of hydrogen-bond acceptors (Lipinski definition) is 8. The van der Waals surface area contributed by atoms with Gasteiger partial charge >= 0.3 is 0 Å². The predicted molar refractivity (Wildman–Crippen MR) is 105 cm³/mol. The van der Waals surface area contributed by atoms with Crippen molar-refractivity contribution in [1.82, 2.24) is 20.3 Å². The molecule has 0 aliphatic carbocycles. The molecule has 0 amide bonds. The number of morpholine rings is 1. The first-order valence-electron chi connectivity index (χ1n) is 9.53. The van der Waals surface area contributed by atoms with Crippen molar-refractivity contribution in [3.8, 4) is 0 Å². The number of nitrogens with one attached hydrogen (secondary N) is 4. The molecule has 28 heavy (non-hydrogen) atoms. The van der Waals surface area contributed by atoms with Gasteiger partial charge in [0.15, 0.2) is 11.6 Å². The standard InChI is InChI=1S/C18H24FN7O2/c19-14-15(22-12-3-1-5-20-11-12)24-18(23-13-4-2-6-21-17(13)27)25-16(14)26-7-9-28-10-8-26/h2,4,6,12,20H,1,3,5,7-11H2,(H,21,27)(H2,22,23,24,25). The molecule has 4 rings (SSSR count). The molecule has 2 aromatic heterocycles. The lowest BCUT2D eigenvalue weighted by molar-refractivity contribution is 0.122. The first-order valence-corrected chi connectivity index (χ1v) is 9.53. The number of hydrogen-bond donors (Lipinski definition) is 4. The van der Waals surface area contributed by atoms with E-state index in [-0.39, 0.29) is 29.2 Å². The van der Waals surface area contributed by atoms with Gasteiger partial charge in [0, 0.05) is 31.9 Å². The van der Waals surface area contributed by atoms with Crippen LogP contribution in [0.4, 0.5) is 27.7 Å². The third-order valence-corrected chi connectivity index (χ3v) is 4.85. The van der Waals surface area contributed by atoms with Crippen molar-refractivity contribution in [2.75, 3.05) is 54.9 Å². The number of piperidine rings is 1. The van der Waals surface area contributed by atoms with E-state index in [4.69, 9.17) is 4.74 Å². The summed E-state index contributed by atoms with van der Waals surface area (Å²) in [4.78, 5) is 25.1. The summed E-state index contributed by atoms with van der Waals surface area (Å²) in [7, 11) is 0. The van der Waals surface area contributed by atoms with Gasteiger partial charge in [0.05, 0.1) is 13.2 Å². The molecule has 2 fully saturated rings. The van der Waals surface area contributed by atoms with Gasteiger partial charge in [0.1, 0.15) is 5.69 Å². The van der Waals surface area contributed by atoms with Crippen LogP contribution in [-0.2, 0) is 4.74 Å². The second-order valence-corrected chi connectivity index (χ2v) is 6.86. The number of nitrogens with zero attached hydrogens (tertiary/aromatic N) is 3. The Kier molecular flexibility index (Phi) is 5.68. The van der Waals surface area contributed by atoms with Crippen LogP contribution < -0.4 is 26.4 Å².